The van der Waals surface area contributed by atoms with Crippen LogP contribution in [0.4, 0.5) is 4.39 Å². The Morgan fingerprint density at radius 2 is 2.21 bits per heavy atom. The lowest BCUT2D eigenvalue weighted by Crippen LogP contribution is -1.88. The monoisotopic (exact) mass is 191 g/mol. The zero-order valence-corrected chi connectivity index (χ0v) is 8.47. The summed E-state index contributed by atoms with van der Waals surface area (Å²) in [5.74, 6) is -0.169. The normalized spacial score (nSPS) is 10.8. The molecule has 2 heteroatoms. The molecule has 0 fully saturated rings. The van der Waals surface area contributed by atoms with Crippen LogP contribution in [0, 0.1) is 11.2 Å². The van der Waals surface area contributed by atoms with Crippen LogP contribution in [0.15, 0.2) is 24.3 Å². The highest BCUT2D eigenvalue weighted by atomic mass is 19.1. The molecule has 0 saturated carbocycles. The average molecular weight is 191 g/mol. The van der Waals surface area contributed by atoms with Crippen molar-refractivity contribution in [2.24, 2.45) is 0 Å². The Hall–Kier alpha value is -1.44. The first-order valence-corrected chi connectivity index (χ1v) is 4.65. The van der Waals surface area contributed by atoms with Crippen molar-refractivity contribution in [1.29, 1.82) is 5.41 Å². The van der Waals surface area contributed by atoms with E-state index < -0.39 is 0 Å². The second-order valence-corrected chi connectivity index (χ2v) is 3.22. The standard InChI is InChI=1S/C12H14FN/c1-3-11-7-6-10(8-12(11)13)5-4-9(2)14/h4-8,14H,3H2,1-2H3/b5-4+,14-9?. The minimum Gasteiger partial charge on any atom is -0.306 e. The number of benzene rings is 1. The first-order valence-electron chi connectivity index (χ1n) is 4.65. The Labute approximate surface area is 83.8 Å². The van der Waals surface area contributed by atoms with Gasteiger partial charge in [-0.2, -0.15) is 0 Å². The van der Waals surface area contributed by atoms with Crippen molar-refractivity contribution in [1.82, 2.24) is 0 Å². The van der Waals surface area contributed by atoms with E-state index in [-0.39, 0.29) is 5.82 Å². The Kier molecular flexibility index (Phi) is 3.57. The van der Waals surface area contributed by atoms with E-state index in [1.807, 2.05) is 13.0 Å². The van der Waals surface area contributed by atoms with E-state index in [4.69, 9.17) is 5.41 Å². The van der Waals surface area contributed by atoms with Crippen LogP contribution in [0.25, 0.3) is 6.08 Å². The van der Waals surface area contributed by atoms with Crippen LogP contribution in [-0.2, 0) is 6.42 Å². The summed E-state index contributed by atoms with van der Waals surface area (Å²) in [5, 5.41) is 7.20. The Morgan fingerprint density at radius 3 is 2.71 bits per heavy atom. The third-order valence-electron chi connectivity index (χ3n) is 1.98. The minimum atomic E-state index is -0.169. The molecule has 1 rings (SSSR count). The first-order chi connectivity index (χ1) is 6.63. The lowest BCUT2D eigenvalue weighted by Gasteiger charge is -2.00. The van der Waals surface area contributed by atoms with E-state index in [1.54, 1.807) is 25.1 Å². The smallest absolute Gasteiger partial charge is 0.126 e. The van der Waals surface area contributed by atoms with Crippen LogP contribution in [0.3, 0.4) is 0 Å². The molecule has 0 aliphatic heterocycles. The Bertz CT molecular complexity index is 367. The van der Waals surface area contributed by atoms with Crippen LogP contribution >= 0.6 is 0 Å². The lowest BCUT2D eigenvalue weighted by atomic mass is 10.1. The third kappa shape index (κ3) is 2.80. The summed E-state index contributed by atoms with van der Waals surface area (Å²) in [5.41, 5.74) is 1.99. The van der Waals surface area contributed by atoms with Crippen molar-refractivity contribution in [2.45, 2.75) is 20.3 Å². The lowest BCUT2D eigenvalue weighted by molar-refractivity contribution is 0.612. The summed E-state index contributed by atoms with van der Waals surface area (Å²) in [4.78, 5) is 0. The highest BCUT2D eigenvalue weighted by molar-refractivity contribution is 5.93. The molecule has 0 unspecified atom stereocenters. The van der Waals surface area contributed by atoms with Gasteiger partial charge in [-0.3, -0.25) is 0 Å². The van der Waals surface area contributed by atoms with Gasteiger partial charge in [0.25, 0.3) is 0 Å². The van der Waals surface area contributed by atoms with Gasteiger partial charge in [-0.15, -0.1) is 0 Å². The van der Waals surface area contributed by atoms with Crippen molar-refractivity contribution in [3.8, 4) is 0 Å². The fourth-order valence-electron chi connectivity index (χ4n) is 1.18. The quantitative estimate of drug-likeness (QED) is 0.708. The molecule has 0 bridgehead atoms. The predicted octanol–water partition coefficient (Wildman–Crippen LogP) is 3.44. The van der Waals surface area contributed by atoms with Crippen LogP contribution in [-0.4, -0.2) is 5.71 Å². The molecule has 1 N–H and O–H groups in total. The van der Waals surface area contributed by atoms with E-state index in [0.717, 1.165) is 11.1 Å². The van der Waals surface area contributed by atoms with E-state index >= 15 is 0 Å². The highest BCUT2D eigenvalue weighted by Gasteiger charge is 1.99. The van der Waals surface area contributed by atoms with Gasteiger partial charge < -0.3 is 5.41 Å². The van der Waals surface area contributed by atoms with Crippen molar-refractivity contribution >= 4 is 11.8 Å². The van der Waals surface area contributed by atoms with Gasteiger partial charge in [0.2, 0.25) is 0 Å². The topological polar surface area (TPSA) is 23.9 Å². The predicted molar refractivity (Wildman–Crippen MR) is 58.2 cm³/mol. The molecule has 0 radical (unpaired) electrons. The molecule has 0 heterocycles. The zero-order valence-electron chi connectivity index (χ0n) is 8.47. The molecule has 0 aromatic heterocycles. The molecule has 1 aromatic rings. The Balaban J connectivity index is 2.91. The number of allylic oxidation sites excluding steroid dienone is 1. The van der Waals surface area contributed by atoms with Crippen molar-refractivity contribution in [3.05, 3.63) is 41.2 Å². The summed E-state index contributed by atoms with van der Waals surface area (Å²) in [6.07, 6.45) is 4.10. The summed E-state index contributed by atoms with van der Waals surface area (Å²) in [7, 11) is 0. The molecular formula is C12H14FN. The van der Waals surface area contributed by atoms with E-state index in [2.05, 4.69) is 0 Å². The summed E-state index contributed by atoms with van der Waals surface area (Å²) >= 11 is 0. The summed E-state index contributed by atoms with van der Waals surface area (Å²) in [6.45, 7) is 3.61. The van der Waals surface area contributed by atoms with Gasteiger partial charge >= 0.3 is 0 Å². The summed E-state index contributed by atoms with van der Waals surface area (Å²) in [6, 6.07) is 5.15. The molecule has 0 atom stereocenters. The van der Waals surface area contributed by atoms with Gasteiger partial charge in [0, 0.05) is 5.71 Å². The van der Waals surface area contributed by atoms with Gasteiger partial charge in [-0.25, -0.2) is 4.39 Å². The highest BCUT2D eigenvalue weighted by Crippen LogP contribution is 2.12. The number of rotatable bonds is 3. The molecule has 1 nitrogen and oxygen atoms in total. The van der Waals surface area contributed by atoms with E-state index in [9.17, 15) is 4.39 Å². The van der Waals surface area contributed by atoms with E-state index in [1.165, 1.54) is 6.07 Å². The molecule has 0 amide bonds. The SMILES string of the molecule is CCc1ccc(/C=C/C(C)=N)cc1F. The number of nitrogens with one attached hydrogen (secondary N) is 1. The zero-order chi connectivity index (χ0) is 10.6. The van der Waals surface area contributed by atoms with Gasteiger partial charge in [-0.1, -0.05) is 25.1 Å². The molecule has 74 valence electrons. The minimum absolute atomic E-state index is 0.169. The fraction of sp³-hybridized carbons (Fsp3) is 0.250. The average Bonchev–Trinajstić information content (AvgIpc) is 2.15. The van der Waals surface area contributed by atoms with E-state index in [0.29, 0.717) is 12.1 Å². The Morgan fingerprint density at radius 1 is 1.50 bits per heavy atom. The van der Waals surface area contributed by atoms with Crippen LogP contribution < -0.4 is 0 Å². The number of aryl methyl sites for hydroxylation is 1. The molecule has 0 aliphatic carbocycles. The number of hydrogen-bond donors (Lipinski definition) is 1. The second kappa shape index (κ2) is 4.70. The van der Waals surface area contributed by atoms with Gasteiger partial charge in [0.05, 0.1) is 0 Å². The molecule has 0 aliphatic rings. The van der Waals surface area contributed by atoms with Crippen LogP contribution in [0.1, 0.15) is 25.0 Å². The third-order valence-corrected chi connectivity index (χ3v) is 1.98. The van der Waals surface area contributed by atoms with Gasteiger partial charge in [0.15, 0.2) is 0 Å². The molecule has 14 heavy (non-hydrogen) atoms. The number of halogens is 1. The van der Waals surface area contributed by atoms with Crippen LogP contribution in [0.2, 0.25) is 0 Å². The van der Waals surface area contributed by atoms with Gasteiger partial charge in [0.1, 0.15) is 5.82 Å². The first kappa shape index (κ1) is 10.6. The largest absolute Gasteiger partial charge is 0.306 e. The maximum absolute atomic E-state index is 13.3. The van der Waals surface area contributed by atoms with Crippen molar-refractivity contribution in [2.75, 3.05) is 0 Å². The maximum atomic E-state index is 13.3. The van der Waals surface area contributed by atoms with Crippen LogP contribution in [0.5, 0.6) is 0 Å². The number of hydrogen-bond acceptors (Lipinski definition) is 1. The molecule has 0 spiro atoms. The molecular weight excluding hydrogens is 177 g/mol. The molecule has 1 aromatic carbocycles. The van der Waals surface area contributed by atoms with Crippen molar-refractivity contribution < 1.29 is 4.39 Å². The maximum Gasteiger partial charge on any atom is 0.126 e. The fourth-order valence-corrected chi connectivity index (χ4v) is 1.18. The van der Waals surface area contributed by atoms with Crippen molar-refractivity contribution in [3.63, 3.8) is 0 Å². The second-order valence-electron chi connectivity index (χ2n) is 3.22. The van der Waals surface area contributed by atoms with Gasteiger partial charge in [-0.05, 0) is 36.6 Å². The molecule has 0 saturated heterocycles. The summed E-state index contributed by atoms with van der Waals surface area (Å²) < 4.78 is 13.3.